The summed E-state index contributed by atoms with van der Waals surface area (Å²) in [5.74, 6) is 7.58. The van der Waals surface area contributed by atoms with Crippen molar-refractivity contribution in [2.75, 3.05) is 12.3 Å². The van der Waals surface area contributed by atoms with Gasteiger partial charge in [-0.2, -0.15) is 23.3 Å². The fraction of sp³-hybridized carbons (Fsp3) is 0.167. The number of H-pyrrole nitrogens is 1. The normalized spacial score (nSPS) is 11.5. The minimum atomic E-state index is -4.99. The van der Waals surface area contributed by atoms with Crippen LogP contribution in [0.2, 0.25) is 0 Å². The molecule has 2 rings (SSSR count). The van der Waals surface area contributed by atoms with Gasteiger partial charge in [0.2, 0.25) is 5.95 Å². The molecule has 0 radical (unpaired) electrons. The summed E-state index contributed by atoms with van der Waals surface area (Å²) in [7, 11) is 0. The number of alkyl halides is 3. The zero-order valence-electron chi connectivity index (χ0n) is 11.8. The molecule has 2 heterocycles. The molecule has 0 spiro atoms. The van der Waals surface area contributed by atoms with Gasteiger partial charge >= 0.3 is 12.1 Å². The Kier molecular flexibility index (Phi) is 4.45. The molecule has 0 saturated carbocycles. The first kappa shape index (κ1) is 16.9. The maximum Gasteiger partial charge on any atom is 0.471 e. The number of fused-ring (bicyclic) bond motifs is 1. The van der Waals surface area contributed by atoms with Crippen molar-refractivity contribution in [3.05, 3.63) is 22.1 Å². The van der Waals surface area contributed by atoms with Crippen molar-refractivity contribution in [2.45, 2.75) is 6.18 Å². The van der Waals surface area contributed by atoms with Crippen LogP contribution in [0, 0.1) is 11.8 Å². The SMILES string of the molecule is N/N=C\n1cc(C#CCNC(=O)C(F)(F)F)c2c(=O)[nH]c(N)nc21. The van der Waals surface area contributed by atoms with Crippen LogP contribution in [0.1, 0.15) is 5.56 Å². The van der Waals surface area contributed by atoms with E-state index in [1.807, 2.05) is 0 Å². The number of carbonyl (C=O) groups is 1. The average Bonchev–Trinajstić information content (AvgIpc) is 2.81. The van der Waals surface area contributed by atoms with Crippen molar-refractivity contribution in [1.29, 1.82) is 0 Å². The second-order valence-corrected chi connectivity index (χ2v) is 4.35. The molecule has 0 unspecified atom stereocenters. The third-order valence-corrected chi connectivity index (χ3v) is 2.71. The molecule has 24 heavy (non-hydrogen) atoms. The molecule has 0 fully saturated rings. The number of aromatic amines is 1. The third kappa shape index (κ3) is 3.46. The van der Waals surface area contributed by atoms with Crippen LogP contribution in [0.25, 0.3) is 11.0 Å². The monoisotopic (exact) mass is 341 g/mol. The second kappa shape index (κ2) is 6.32. The molecule has 0 saturated heterocycles. The van der Waals surface area contributed by atoms with Crippen molar-refractivity contribution < 1.29 is 18.0 Å². The summed E-state index contributed by atoms with van der Waals surface area (Å²) >= 11 is 0. The van der Waals surface area contributed by atoms with Gasteiger partial charge in [0, 0.05) is 6.20 Å². The molecule has 0 aliphatic carbocycles. The number of nitrogens with zero attached hydrogens (tertiary/aromatic N) is 3. The van der Waals surface area contributed by atoms with Gasteiger partial charge < -0.3 is 16.9 Å². The second-order valence-electron chi connectivity index (χ2n) is 4.35. The largest absolute Gasteiger partial charge is 0.471 e. The Hall–Kier alpha value is -3.49. The van der Waals surface area contributed by atoms with Gasteiger partial charge in [0.05, 0.1) is 12.1 Å². The molecule has 2 aromatic rings. The van der Waals surface area contributed by atoms with Crippen molar-refractivity contribution >= 4 is 29.2 Å². The molecule has 6 N–H and O–H groups in total. The number of anilines is 1. The van der Waals surface area contributed by atoms with E-state index in [-0.39, 0.29) is 22.5 Å². The highest BCUT2D eigenvalue weighted by atomic mass is 19.4. The fourth-order valence-corrected chi connectivity index (χ4v) is 1.79. The molecule has 0 bridgehead atoms. The van der Waals surface area contributed by atoms with E-state index in [2.05, 4.69) is 26.9 Å². The fourth-order valence-electron chi connectivity index (χ4n) is 1.79. The van der Waals surface area contributed by atoms with Gasteiger partial charge in [0.1, 0.15) is 11.7 Å². The molecule has 2 aromatic heterocycles. The summed E-state index contributed by atoms with van der Waals surface area (Å²) in [4.78, 5) is 28.8. The molecule has 1 amide bonds. The van der Waals surface area contributed by atoms with Crippen molar-refractivity contribution in [3.8, 4) is 11.8 Å². The maximum atomic E-state index is 12.0. The van der Waals surface area contributed by atoms with Gasteiger partial charge in [-0.1, -0.05) is 11.8 Å². The maximum absolute atomic E-state index is 12.0. The van der Waals surface area contributed by atoms with Gasteiger partial charge in [-0.25, -0.2) is 0 Å². The highest BCUT2D eigenvalue weighted by molar-refractivity contribution is 5.88. The first-order valence-corrected chi connectivity index (χ1v) is 6.21. The van der Waals surface area contributed by atoms with Crippen LogP contribution in [0.3, 0.4) is 0 Å². The van der Waals surface area contributed by atoms with E-state index < -0.39 is 24.2 Å². The molecular formula is C12H10F3N7O2. The third-order valence-electron chi connectivity index (χ3n) is 2.71. The van der Waals surface area contributed by atoms with E-state index in [0.29, 0.717) is 0 Å². The first-order valence-electron chi connectivity index (χ1n) is 6.21. The Bertz CT molecular complexity index is 930. The zero-order valence-corrected chi connectivity index (χ0v) is 11.8. The van der Waals surface area contributed by atoms with Crippen LogP contribution >= 0.6 is 0 Å². The van der Waals surface area contributed by atoms with Gasteiger partial charge in [0.25, 0.3) is 5.56 Å². The Labute approximate surface area is 131 Å². The number of amides is 1. The molecule has 0 atom stereocenters. The van der Waals surface area contributed by atoms with E-state index in [4.69, 9.17) is 11.6 Å². The number of nitrogen functional groups attached to an aromatic ring is 1. The van der Waals surface area contributed by atoms with E-state index in [1.54, 1.807) is 5.32 Å². The lowest BCUT2D eigenvalue weighted by Crippen LogP contribution is -2.36. The average molecular weight is 341 g/mol. The number of hydrogen-bond acceptors (Lipinski definition) is 6. The smallest absolute Gasteiger partial charge is 0.369 e. The summed E-state index contributed by atoms with van der Waals surface area (Å²) < 4.78 is 37.4. The number of hydrogen-bond donors (Lipinski definition) is 4. The molecule has 9 nitrogen and oxygen atoms in total. The Morgan fingerprint density at radius 3 is 2.88 bits per heavy atom. The van der Waals surface area contributed by atoms with Crippen LogP contribution in [-0.2, 0) is 4.79 Å². The molecule has 126 valence electrons. The highest BCUT2D eigenvalue weighted by Gasteiger charge is 2.38. The molecule has 0 aromatic carbocycles. The number of nitrogens with two attached hydrogens (primary N) is 2. The van der Waals surface area contributed by atoms with Crippen LogP contribution in [0.5, 0.6) is 0 Å². The van der Waals surface area contributed by atoms with E-state index in [9.17, 15) is 22.8 Å². The first-order chi connectivity index (χ1) is 11.2. The minimum absolute atomic E-state index is 0.0544. The van der Waals surface area contributed by atoms with Crippen LogP contribution in [-0.4, -0.2) is 39.5 Å². The quantitative estimate of drug-likeness (QED) is 0.184. The predicted octanol–water partition coefficient (Wildman–Crippen LogP) is -0.913. The minimum Gasteiger partial charge on any atom is -0.369 e. The number of hydrazone groups is 1. The summed E-state index contributed by atoms with van der Waals surface area (Å²) in [6.07, 6.45) is -2.50. The summed E-state index contributed by atoms with van der Waals surface area (Å²) in [5, 5.41) is 4.93. The number of halogens is 3. The summed E-state index contributed by atoms with van der Waals surface area (Å²) in [5.41, 5.74) is 5.13. The van der Waals surface area contributed by atoms with Gasteiger partial charge in [0.15, 0.2) is 5.65 Å². The number of rotatable bonds is 2. The standard InChI is InChI=1S/C12H10F3N7O2/c13-12(14,15)10(24)18-3-1-2-6-4-22(5-19-17)8-7(6)9(23)21-11(16)20-8/h4-5H,3,17H2,(H,18,24)(H3,16,20,21,23)/b19-5-. The Morgan fingerprint density at radius 2 is 2.25 bits per heavy atom. The molecular weight excluding hydrogens is 331 g/mol. The number of carbonyl (C=O) groups excluding carboxylic acids is 1. The van der Waals surface area contributed by atoms with Crippen LogP contribution in [0.15, 0.2) is 16.1 Å². The van der Waals surface area contributed by atoms with E-state index in [1.165, 1.54) is 10.8 Å². The van der Waals surface area contributed by atoms with Crippen molar-refractivity contribution in [1.82, 2.24) is 19.9 Å². The molecule has 12 heteroatoms. The van der Waals surface area contributed by atoms with Crippen LogP contribution in [0.4, 0.5) is 19.1 Å². The van der Waals surface area contributed by atoms with Crippen LogP contribution < -0.4 is 22.5 Å². The van der Waals surface area contributed by atoms with Crippen molar-refractivity contribution in [3.63, 3.8) is 0 Å². The Morgan fingerprint density at radius 1 is 1.54 bits per heavy atom. The molecule has 0 aliphatic rings. The summed E-state index contributed by atoms with van der Waals surface area (Å²) in [6.45, 7) is -0.559. The molecule has 0 aliphatic heterocycles. The predicted molar refractivity (Wildman–Crippen MR) is 78.8 cm³/mol. The Balaban J connectivity index is 2.36. The van der Waals surface area contributed by atoms with E-state index in [0.717, 1.165) is 6.34 Å². The topological polar surface area (TPSA) is 144 Å². The van der Waals surface area contributed by atoms with Crippen molar-refractivity contribution in [2.24, 2.45) is 10.9 Å². The lowest BCUT2D eigenvalue weighted by Gasteiger charge is -2.03. The van der Waals surface area contributed by atoms with Gasteiger partial charge in [-0.15, -0.1) is 0 Å². The lowest BCUT2D eigenvalue weighted by atomic mass is 10.2. The zero-order chi connectivity index (χ0) is 17.9. The number of nitrogens with one attached hydrogen (secondary N) is 2. The highest BCUT2D eigenvalue weighted by Crippen LogP contribution is 2.15. The summed E-state index contributed by atoms with van der Waals surface area (Å²) in [6, 6.07) is 0. The van der Waals surface area contributed by atoms with Gasteiger partial charge in [-0.05, 0) is 0 Å². The number of aromatic nitrogens is 3. The van der Waals surface area contributed by atoms with Gasteiger partial charge in [-0.3, -0.25) is 19.1 Å². The van der Waals surface area contributed by atoms with E-state index >= 15 is 0 Å². The lowest BCUT2D eigenvalue weighted by molar-refractivity contribution is -0.173.